The Hall–Kier alpha value is -2.28. The van der Waals surface area contributed by atoms with Gasteiger partial charge >= 0.3 is 0 Å². The molecule has 1 amide bonds. The van der Waals surface area contributed by atoms with Crippen molar-refractivity contribution in [2.45, 2.75) is 31.8 Å². The first-order chi connectivity index (χ1) is 13.1. The van der Waals surface area contributed by atoms with Gasteiger partial charge in [-0.05, 0) is 37.3 Å². The van der Waals surface area contributed by atoms with Crippen molar-refractivity contribution >= 4 is 11.9 Å². The van der Waals surface area contributed by atoms with Crippen LogP contribution in [0, 0.1) is 0 Å². The van der Waals surface area contributed by atoms with Gasteiger partial charge in [-0.1, -0.05) is 18.2 Å². The predicted octanol–water partition coefficient (Wildman–Crippen LogP) is 1.43. The number of benzene rings is 1. The highest BCUT2D eigenvalue weighted by Gasteiger charge is 2.14. The lowest BCUT2D eigenvalue weighted by molar-refractivity contribution is -0.127. The summed E-state index contributed by atoms with van der Waals surface area (Å²) in [6.07, 6.45) is 4.37. The van der Waals surface area contributed by atoms with Gasteiger partial charge in [0.15, 0.2) is 5.96 Å². The van der Waals surface area contributed by atoms with Crippen LogP contribution >= 0.6 is 0 Å². The number of likely N-dealkylation sites (N-methyl/N-ethyl adjacent to an activating group) is 1. The number of nitrogens with one attached hydrogen (secondary N) is 2. The van der Waals surface area contributed by atoms with E-state index in [-0.39, 0.29) is 18.6 Å². The first kappa shape index (κ1) is 21.0. The Kier molecular flexibility index (Phi) is 8.91. The molecule has 1 unspecified atom stereocenters. The lowest BCUT2D eigenvalue weighted by Crippen LogP contribution is -2.43. The largest absolute Gasteiger partial charge is 0.496 e. The average molecular weight is 377 g/mol. The molecule has 0 bridgehead atoms. The zero-order valence-corrected chi connectivity index (χ0v) is 16.7. The lowest BCUT2D eigenvalue weighted by atomic mass is 10.1. The number of carbonyl (C=O) groups is 1. The Morgan fingerprint density at radius 2 is 2.11 bits per heavy atom. The molecule has 0 aromatic heterocycles. The molecule has 1 atom stereocenters. The molecule has 1 heterocycles. The lowest BCUT2D eigenvalue weighted by Gasteiger charge is -2.24. The fourth-order valence-corrected chi connectivity index (χ4v) is 2.87. The second-order valence-corrected chi connectivity index (χ2v) is 6.81. The minimum absolute atomic E-state index is 0.0326. The van der Waals surface area contributed by atoms with Crippen LogP contribution in [0.5, 0.6) is 5.75 Å². The molecule has 2 rings (SSSR count). The van der Waals surface area contributed by atoms with E-state index in [4.69, 9.17) is 9.47 Å². The Morgan fingerprint density at radius 1 is 1.30 bits per heavy atom. The third kappa shape index (κ3) is 7.46. The van der Waals surface area contributed by atoms with Crippen molar-refractivity contribution in [1.82, 2.24) is 15.5 Å². The predicted molar refractivity (Wildman–Crippen MR) is 107 cm³/mol. The van der Waals surface area contributed by atoms with E-state index in [1.165, 1.54) is 6.42 Å². The molecule has 0 radical (unpaired) electrons. The number of hydrogen-bond donors (Lipinski definition) is 2. The summed E-state index contributed by atoms with van der Waals surface area (Å²) in [5.41, 5.74) is 1.13. The molecule has 2 N–H and O–H groups in total. The summed E-state index contributed by atoms with van der Waals surface area (Å²) in [6.45, 7) is 2.31. The normalized spacial score (nSPS) is 17.3. The maximum absolute atomic E-state index is 11.9. The second-order valence-electron chi connectivity index (χ2n) is 6.81. The number of methoxy groups -OCH3 is 1. The molecule has 150 valence electrons. The number of amides is 1. The number of carbonyl (C=O) groups excluding carboxylic acids is 1. The fraction of sp³-hybridized carbons (Fsp3) is 0.600. The van der Waals surface area contributed by atoms with Gasteiger partial charge in [0.2, 0.25) is 5.91 Å². The highest BCUT2D eigenvalue weighted by Crippen LogP contribution is 2.17. The zero-order chi connectivity index (χ0) is 19.5. The van der Waals surface area contributed by atoms with Crippen molar-refractivity contribution in [2.24, 2.45) is 4.99 Å². The van der Waals surface area contributed by atoms with E-state index in [1.54, 1.807) is 26.1 Å². The number of nitrogens with zero attached hydrogens (tertiary/aromatic N) is 2. The van der Waals surface area contributed by atoms with Gasteiger partial charge in [0.1, 0.15) is 12.3 Å². The van der Waals surface area contributed by atoms with Gasteiger partial charge in [-0.2, -0.15) is 0 Å². The Morgan fingerprint density at radius 3 is 2.81 bits per heavy atom. The molecule has 7 heteroatoms. The Labute approximate surface area is 162 Å². The maximum atomic E-state index is 11.9. The van der Waals surface area contributed by atoms with E-state index >= 15 is 0 Å². The highest BCUT2D eigenvalue weighted by molar-refractivity contribution is 5.84. The molecule has 1 aromatic rings. The topological polar surface area (TPSA) is 75.2 Å². The molecule has 0 spiro atoms. The maximum Gasteiger partial charge on any atom is 0.243 e. The molecule has 27 heavy (non-hydrogen) atoms. The number of aliphatic imine (C=N–C) groups is 1. The molecule has 0 saturated carbocycles. The first-order valence-corrected chi connectivity index (χ1v) is 9.56. The van der Waals surface area contributed by atoms with Gasteiger partial charge < -0.3 is 25.0 Å². The van der Waals surface area contributed by atoms with Crippen LogP contribution in [0.1, 0.15) is 24.8 Å². The summed E-state index contributed by atoms with van der Waals surface area (Å²) in [7, 11) is 5.14. The number of para-hydroxylation sites is 1. The summed E-state index contributed by atoms with van der Waals surface area (Å²) in [5.74, 6) is 1.48. The summed E-state index contributed by atoms with van der Waals surface area (Å²) >= 11 is 0. The van der Waals surface area contributed by atoms with Crippen LogP contribution in [0.3, 0.4) is 0 Å². The van der Waals surface area contributed by atoms with E-state index in [1.807, 2.05) is 18.2 Å². The molecule has 7 nitrogen and oxygen atoms in total. The van der Waals surface area contributed by atoms with Crippen molar-refractivity contribution in [3.05, 3.63) is 29.8 Å². The third-order valence-corrected chi connectivity index (χ3v) is 4.52. The van der Waals surface area contributed by atoms with Crippen molar-refractivity contribution < 1.29 is 14.3 Å². The molecule has 1 aromatic carbocycles. The summed E-state index contributed by atoms with van der Waals surface area (Å²) < 4.78 is 11.2. The first-order valence-electron chi connectivity index (χ1n) is 9.56. The van der Waals surface area contributed by atoms with Crippen molar-refractivity contribution in [3.8, 4) is 5.75 Å². The van der Waals surface area contributed by atoms with Crippen molar-refractivity contribution in [2.75, 3.05) is 47.4 Å². The monoisotopic (exact) mass is 376 g/mol. The van der Waals surface area contributed by atoms with Crippen LogP contribution in [0.4, 0.5) is 0 Å². The van der Waals surface area contributed by atoms with Crippen molar-refractivity contribution in [1.29, 1.82) is 0 Å². The zero-order valence-electron chi connectivity index (χ0n) is 16.7. The van der Waals surface area contributed by atoms with E-state index in [2.05, 4.69) is 21.7 Å². The SMILES string of the molecule is COc1ccccc1CCNC(=NCC(=O)N(C)C)NCC1CCCCO1. The van der Waals surface area contributed by atoms with Crippen molar-refractivity contribution in [3.63, 3.8) is 0 Å². The number of ether oxygens (including phenoxy) is 2. The highest BCUT2D eigenvalue weighted by atomic mass is 16.5. The minimum Gasteiger partial charge on any atom is -0.496 e. The fourth-order valence-electron chi connectivity index (χ4n) is 2.87. The van der Waals surface area contributed by atoms with Gasteiger partial charge in [0.25, 0.3) is 0 Å². The Bertz CT molecular complexity index is 613. The molecule has 0 aliphatic carbocycles. The van der Waals surface area contributed by atoms with Crippen LogP contribution in [-0.2, 0) is 16.0 Å². The van der Waals surface area contributed by atoms with Gasteiger partial charge in [0, 0.05) is 33.8 Å². The molecule has 1 aliphatic rings. The Balaban J connectivity index is 1.89. The minimum atomic E-state index is -0.0326. The van der Waals surface area contributed by atoms with Crippen LogP contribution in [0.25, 0.3) is 0 Å². The average Bonchev–Trinajstić information content (AvgIpc) is 2.70. The van der Waals surface area contributed by atoms with E-state index in [0.717, 1.165) is 37.2 Å². The number of hydrogen-bond acceptors (Lipinski definition) is 4. The van der Waals surface area contributed by atoms with Gasteiger partial charge in [-0.25, -0.2) is 4.99 Å². The molecule has 1 saturated heterocycles. The van der Waals surface area contributed by atoms with E-state index in [9.17, 15) is 4.79 Å². The number of rotatable bonds is 8. The smallest absolute Gasteiger partial charge is 0.243 e. The summed E-state index contributed by atoms with van der Waals surface area (Å²) in [6, 6.07) is 7.97. The van der Waals surface area contributed by atoms with Gasteiger partial charge in [-0.15, -0.1) is 0 Å². The van der Waals surface area contributed by atoms with Gasteiger partial charge in [0.05, 0.1) is 13.2 Å². The molecule has 1 fully saturated rings. The quantitative estimate of drug-likeness (QED) is 0.530. The molecular formula is C20H32N4O3. The van der Waals surface area contributed by atoms with Gasteiger partial charge in [-0.3, -0.25) is 4.79 Å². The molecular weight excluding hydrogens is 344 g/mol. The summed E-state index contributed by atoms with van der Waals surface area (Å²) in [5, 5.41) is 6.62. The van der Waals surface area contributed by atoms with Crippen LogP contribution in [-0.4, -0.2) is 70.3 Å². The van der Waals surface area contributed by atoms with Crippen LogP contribution in [0.15, 0.2) is 29.3 Å². The second kappa shape index (κ2) is 11.4. The molecule has 1 aliphatic heterocycles. The summed E-state index contributed by atoms with van der Waals surface area (Å²) in [4.78, 5) is 17.8. The van der Waals surface area contributed by atoms with E-state index in [0.29, 0.717) is 19.0 Å². The number of guanidine groups is 1. The van der Waals surface area contributed by atoms with E-state index < -0.39 is 0 Å². The third-order valence-electron chi connectivity index (χ3n) is 4.52. The standard InChI is InChI=1S/C20H32N4O3/c1-24(2)19(25)15-23-20(22-14-17-9-6-7-13-27-17)21-12-11-16-8-4-5-10-18(16)26-3/h4-5,8,10,17H,6-7,9,11-15H2,1-3H3,(H2,21,22,23). The van der Waals surface area contributed by atoms with Crippen LogP contribution < -0.4 is 15.4 Å². The van der Waals surface area contributed by atoms with Crippen LogP contribution in [0.2, 0.25) is 0 Å².